The van der Waals surface area contributed by atoms with Crippen LogP contribution in [0.4, 0.5) is 0 Å². The Labute approximate surface area is 195 Å². The lowest BCUT2D eigenvalue weighted by Crippen LogP contribution is -2.40. The van der Waals surface area contributed by atoms with Gasteiger partial charge in [-0.25, -0.2) is 9.78 Å². The minimum Gasteiger partial charge on any atom is -0.508 e. The summed E-state index contributed by atoms with van der Waals surface area (Å²) < 4.78 is 5.24. The molecule has 8 nitrogen and oxygen atoms in total. The molecule has 2 heterocycles. The Morgan fingerprint density at radius 2 is 1.85 bits per heavy atom. The maximum Gasteiger partial charge on any atom is 0.336 e. The molecular formula is C26H23N3O5. The van der Waals surface area contributed by atoms with Crippen molar-refractivity contribution >= 4 is 22.8 Å². The summed E-state index contributed by atoms with van der Waals surface area (Å²) in [4.78, 5) is 33.7. The highest BCUT2D eigenvalue weighted by Crippen LogP contribution is 2.25. The van der Waals surface area contributed by atoms with E-state index in [0.29, 0.717) is 23.0 Å². The van der Waals surface area contributed by atoms with Gasteiger partial charge in [0, 0.05) is 24.3 Å². The molecule has 4 rings (SSSR count). The number of amides is 1. The fourth-order valence-electron chi connectivity index (χ4n) is 3.74. The number of hydrogen-bond acceptors (Lipinski definition) is 6. The standard InChI is InChI=1S/C26H23N3O5/c1-34-15-18(12-16-5-8-19(30)9-6-16)28-25(31)24-14-21(26(32)33)20-13-17(7-10-23(20)29-24)22-4-2-3-11-27-22/h2-11,13-14,18,30H,12,15H2,1H3,(H,28,31)(H,32,33)/t18-/m0/s1. The lowest BCUT2D eigenvalue weighted by molar-refractivity contribution is 0.0699. The van der Waals surface area contributed by atoms with Crippen molar-refractivity contribution in [2.45, 2.75) is 12.5 Å². The number of phenols is 1. The van der Waals surface area contributed by atoms with E-state index < -0.39 is 11.9 Å². The molecule has 8 heteroatoms. The second-order valence-corrected chi connectivity index (χ2v) is 7.80. The van der Waals surface area contributed by atoms with E-state index in [1.54, 1.807) is 54.7 Å². The Morgan fingerprint density at radius 3 is 2.53 bits per heavy atom. The van der Waals surface area contributed by atoms with Gasteiger partial charge in [0.05, 0.1) is 29.4 Å². The molecule has 0 saturated heterocycles. The van der Waals surface area contributed by atoms with Crippen molar-refractivity contribution in [1.29, 1.82) is 0 Å². The maximum atomic E-state index is 13.0. The first kappa shape index (κ1) is 22.9. The highest BCUT2D eigenvalue weighted by Gasteiger charge is 2.20. The number of methoxy groups -OCH3 is 1. The normalized spacial score (nSPS) is 11.8. The van der Waals surface area contributed by atoms with Crippen molar-refractivity contribution in [3.8, 4) is 17.0 Å². The van der Waals surface area contributed by atoms with Crippen LogP contribution in [0.2, 0.25) is 0 Å². The first-order valence-electron chi connectivity index (χ1n) is 10.6. The minimum absolute atomic E-state index is 0.00213. The van der Waals surface area contributed by atoms with Crippen molar-refractivity contribution in [2.75, 3.05) is 13.7 Å². The van der Waals surface area contributed by atoms with Gasteiger partial charge in [0.1, 0.15) is 11.4 Å². The van der Waals surface area contributed by atoms with Crippen molar-refractivity contribution < 1.29 is 24.5 Å². The van der Waals surface area contributed by atoms with Crippen LogP contribution in [0.25, 0.3) is 22.2 Å². The molecule has 34 heavy (non-hydrogen) atoms. The van der Waals surface area contributed by atoms with Crippen LogP contribution >= 0.6 is 0 Å². The van der Waals surface area contributed by atoms with Gasteiger partial charge in [-0.15, -0.1) is 0 Å². The Hall–Kier alpha value is -4.30. The van der Waals surface area contributed by atoms with Crippen molar-refractivity contribution in [3.05, 3.63) is 89.7 Å². The Kier molecular flexibility index (Phi) is 6.79. The van der Waals surface area contributed by atoms with Crippen LogP contribution in [0, 0.1) is 0 Å². The van der Waals surface area contributed by atoms with Crippen LogP contribution in [-0.4, -0.2) is 51.8 Å². The molecule has 0 saturated carbocycles. The zero-order valence-electron chi connectivity index (χ0n) is 18.4. The predicted molar refractivity (Wildman–Crippen MR) is 127 cm³/mol. The van der Waals surface area contributed by atoms with E-state index in [9.17, 15) is 19.8 Å². The third-order valence-electron chi connectivity index (χ3n) is 5.35. The van der Waals surface area contributed by atoms with E-state index in [0.717, 1.165) is 11.1 Å². The fraction of sp³-hybridized carbons (Fsp3) is 0.154. The number of nitrogens with zero attached hydrogens (tertiary/aromatic N) is 2. The summed E-state index contributed by atoms with van der Waals surface area (Å²) in [7, 11) is 1.53. The van der Waals surface area contributed by atoms with Gasteiger partial charge in [-0.1, -0.05) is 24.3 Å². The molecule has 2 aromatic carbocycles. The smallest absolute Gasteiger partial charge is 0.336 e. The molecule has 2 aromatic heterocycles. The van der Waals surface area contributed by atoms with Crippen molar-refractivity contribution in [1.82, 2.24) is 15.3 Å². The number of carboxylic acid groups (broad SMARTS) is 1. The Balaban J connectivity index is 1.63. The molecule has 0 spiro atoms. The molecule has 1 atom stereocenters. The van der Waals surface area contributed by atoms with E-state index in [1.807, 2.05) is 12.1 Å². The predicted octanol–water partition coefficient (Wildman–Crippen LogP) is 3.69. The summed E-state index contributed by atoms with van der Waals surface area (Å²) in [5.41, 5.74) is 2.74. The Morgan fingerprint density at radius 1 is 1.06 bits per heavy atom. The number of carbonyl (C=O) groups is 2. The molecule has 172 valence electrons. The van der Waals surface area contributed by atoms with Gasteiger partial charge >= 0.3 is 5.97 Å². The quantitative estimate of drug-likeness (QED) is 0.369. The molecule has 0 aliphatic rings. The summed E-state index contributed by atoms with van der Waals surface area (Å²) in [6, 6.07) is 18.3. The number of carboxylic acids is 1. The first-order valence-corrected chi connectivity index (χ1v) is 10.6. The molecule has 0 radical (unpaired) electrons. The summed E-state index contributed by atoms with van der Waals surface area (Å²) in [6.45, 7) is 0.249. The number of aromatic carboxylic acids is 1. The topological polar surface area (TPSA) is 122 Å². The summed E-state index contributed by atoms with van der Waals surface area (Å²) >= 11 is 0. The fourth-order valence-corrected chi connectivity index (χ4v) is 3.74. The van der Waals surface area contributed by atoms with Crippen molar-refractivity contribution in [3.63, 3.8) is 0 Å². The van der Waals surface area contributed by atoms with Gasteiger partial charge in [0.2, 0.25) is 0 Å². The zero-order chi connectivity index (χ0) is 24.1. The number of fused-ring (bicyclic) bond motifs is 1. The number of aromatic hydroxyl groups is 1. The number of nitrogens with one attached hydrogen (secondary N) is 1. The van der Waals surface area contributed by atoms with Gasteiger partial charge in [-0.3, -0.25) is 9.78 Å². The number of benzene rings is 2. The number of carbonyl (C=O) groups excluding carboxylic acids is 1. The molecule has 0 unspecified atom stereocenters. The molecular weight excluding hydrogens is 434 g/mol. The minimum atomic E-state index is -1.16. The van der Waals surface area contributed by atoms with Crippen LogP contribution in [0.5, 0.6) is 5.75 Å². The molecule has 3 N–H and O–H groups in total. The maximum absolute atomic E-state index is 13.0. The van der Waals surface area contributed by atoms with Gasteiger partial charge in [-0.05, 0) is 54.4 Å². The van der Waals surface area contributed by atoms with Crippen LogP contribution in [0.15, 0.2) is 72.9 Å². The Bertz CT molecular complexity index is 1320. The molecule has 4 aromatic rings. The lowest BCUT2D eigenvalue weighted by Gasteiger charge is -2.18. The number of phenolic OH excluding ortho intramolecular Hbond substituents is 1. The van der Waals surface area contributed by atoms with Gasteiger partial charge < -0.3 is 20.3 Å². The van der Waals surface area contributed by atoms with Crippen LogP contribution < -0.4 is 5.32 Å². The molecule has 0 aliphatic carbocycles. The highest BCUT2D eigenvalue weighted by molar-refractivity contribution is 6.06. The van der Waals surface area contributed by atoms with Crippen LogP contribution in [0.3, 0.4) is 0 Å². The van der Waals surface area contributed by atoms with E-state index in [-0.39, 0.29) is 29.7 Å². The first-order chi connectivity index (χ1) is 16.4. The molecule has 0 fully saturated rings. The average molecular weight is 457 g/mol. The molecule has 0 aliphatic heterocycles. The molecule has 1 amide bonds. The van der Waals surface area contributed by atoms with Crippen molar-refractivity contribution in [2.24, 2.45) is 0 Å². The summed E-state index contributed by atoms with van der Waals surface area (Å²) in [6.07, 6.45) is 2.13. The van der Waals surface area contributed by atoms with E-state index in [1.165, 1.54) is 13.2 Å². The van der Waals surface area contributed by atoms with Gasteiger partial charge in [0.25, 0.3) is 5.91 Å². The van der Waals surface area contributed by atoms with E-state index in [2.05, 4.69) is 15.3 Å². The van der Waals surface area contributed by atoms with E-state index in [4.69, 9.17) is 4.74 Å². The molecule has 0 bridgehead atoms. The number of hydrogen-bond donors (Lipinski definition) is 3. The highest BCUT2D eigenvalue weighted by atomic mass is 16.5. The number of pyridine rings is 2. The van der Waals surface area contributed by atoms with Gasteiger partial charge in [-0.2, -0.15) is 0 Å². The third kappa shape index (κ3) is 5.19. The van der Waals surface area contributed by atoms with E-state index >= 15 is 0 Å². The number of ether oxygens (including phenoxy) is 1. The average Bonchev–Trinajstić information content (AvgIpc) is 2.85. The SMILES string of the molecule is COC[C@H](Cc1ccc(O)cc1)NC(=O)c1cc(C(=O)O)c2cc(-c3ccccn3)ccc2n1. The van der Waals surface area contributed by atoms with Crippen LogP contribution in [-0.2, 0) is 11.2 Å². The van der Waals surface area contributed by atoms with Crippen LogP contribution in [0.1, 0.15) is 26.4 Å². The third-order valence-corrected chi connectivity index (χ3v) is 5.35. The largest absolute Gasteiger partial charge is 0.508 e. The van der Waals surface area contributed by atoms with Gasteiger partial charge in [0.15, 0.2) is 0 Å². The lowest BCUT2D eigenvalue weighted by atomic mass is 10.0. The number of rotatable bonds is 8. The summed E-state index contributed by atoms with van der Waals surface area (Å²) in [5.74, 6) is -1.50. The monoisotopic (exact) mass is 457 g/mol. The second kappa shape index (κ2) is 10.1. The zero-order valence-corrected chi connectivity index (χ0v) is 18.4. The number of aromatic nitrogens is 2. The second-order valence-electron chi connectivity index (χ2n) is 7.80. The summed E-state index contributed by atoms with van der Waals surface area (Å²) in [5, 5.41) is 22.6.